The largest absolute Gasteiger partial charge is 0.341 e. The van der Waals surface area contributed by atoms with E-state index in [1.807, 2.05) is 37.4 Å². The summed E-state index contributed by atoms with van der Waals surface area (Å²) in [6.45, 7) is 7.97. The van der Waals surface area contributed by atoms with Crippen molar-refractivity contribution < 1.29 is 4.79 Å². The number of amides is 1. The third-order valence-corrected chi connectivity index (χ3v) is 4.58. The Balaban J connectivity index is 1.89. The van der Waals surface area contributed by atoms with Crippen LogP contribution in [0.15, 0.2) is 23.6 Å². The first-order valence-corrected chi connectivity index (χ1v) is 8.39. The van der Waals surface area contributed by atoms with Gasteiger partial charge in [-0.3, -0.25) is 4.79 Å². The molecule has 1 amide bonds. The van der Waals surface area contributed by atoms with Crippen molar-refractivity contribution in [1.29, 1.82) is 0 Å². The van der Waals surface area contributed by atoms with Gasteiger partial charge in [-0.05, 0) is 37.3 Å². The van der Waals surface area contributed by atoms with E-state index in [1.54, 1.807) is 15.9 Å². The maximum Gasteiger partial charge on any atom is 0.291 e. The lowest BCUT2D eigenvalue weighted by atomic mass is 10.0. The molecule has 1 N–H and O–H groups in total. The summed E-state index contributed by atoms with van der Waals surface area (Å²) in [4.78, 5) is 22.3. The molecule has 0 fully saturated rings. The Kier molecular flexibility index (Phi) is 4.12. The molecule has 7 heteroatoms. The predicted molar refractivity (Wildman–Crippen MR) is 89.6 cm³/mol. The van der Waals surface area contributed by atoms with E-state index in [0.29, 0.717) is 5.78 Å². The molecule has 3 heterocycles. The Hall–Kier alpha value is -2.28. The average molecular weight is 329 g/mol. The maximum atomic E-state index is 12.5. The molecule has 3 aromatic heterocycles. The summed E-state index contributed by atoms with van der Waals surface area (Å²) in [5.74, 6) is 0.592. The van der Waals surface area contributed by atoms with Crippen molar-refractivity contribution in [2.24, 2.45) is 5.92 Å². The quantitative estimate of drug-likeness (QED) is 0.799. The smallest absolute Gasteiger partial charge is 0.291 e. The van der Waals surface area contributed by atoms with Gasteiger partial charge in [0.1, 0.15) is 0 Å². The van der Waals surface area contributed by atoms with Crippen molar-refractivity contribution in [3.05, 3.63) is 45.7 Å². The number of hydrogen-bond acceptors (Lipinski definition) is 5. The number of aromatic nitrogens is 4. The first kappa shape index (κ1) is 15.6. The van der Waals surface area contributed by atoms with Gasteiger partial charge in [0.2, 0.25) is 5.82 Å². The highest BCUT2D eigenvalue weighted by Gasteiger charge is 2.23. The van der Waals surface area contributed by atoms with Crippen LogP contribution < -0.4 is 5.32 Å². The van der Waals surface area contributed by atoms with Gasteiger partial charge >= 0.3 is 0 Å². The molecule has 0 saturated heterocycles. The van der Waals surface area contributed by atoms with Crippen LogP contribution in [-0.4, -0.2) is 25.5 Å². The summed E-state index contributed by atoms with van der Waals surface area (Å²) in [7, 11) is 0. The van der Waals surface area contributed by atoms with Crippen LogP contribution in [0.25, 0.3) is 5.78 Å². The van der Waals surface area contributed by atoms with Crippen molar-refractivity contribution >= 4 is 23.0 Å². The fourth-order valence-corrected chi connectivity index (χ4v) is 3.45. The van der Waals surface area contributed by atoms with E-state index in [0.717, 1.165) is 16.3 Å². The molecule has 0 radical (unpaired) electrons. The second kappa shape index (κ2) is 6.08. The Morgan fingerprint density at radius 1 is 1.30 bits per heavy atom. The van der Waals surface area contributed by atoms with Gasteiger partial charge in [-0.2, -0.15) is 4.98 Å². The highest BCUT2D eigenvalue weighted by Crippen LogP contribution is 2.26. The molecule has 0 aliphatic rings. The van der Waals surface area contributed by atoms with Gasteiger partial charge in [-0.15, -0.1) is 16.4 Å². The van der Waals surface area contributed by atoms with Gasteiger partial charge in [0.05, 0.1) is 6.04 Å². The number of carbonyl (C=O) groups excluding carboxylic acids is 1. The fraction of sp³-hybridized carbons (Fsp3) is 0.375. The number of rotatable bonds is 4. The van der Waals surface area contributed by atoms with E-state index in [9.17, 15) is 4.79 Å². The molecule has 0 aromatic carbocycles. The molecule has 23 heavy (non-hydrogen) atoms. The van der Waals surface area contributed by atoms with Crippen LogP contribution in [0.4, 0.5) is 0 Å². The maximum absolute atomic E-state index is 12.5. The van der Waals surface area contributed by atoms with Crippen molar-refractivity contribution in [3.63, 3.8) is 0 Å². The highest BCUT2D eigenvalue weighted by atomic mass is 32.1. The lowest BCUT2D eigenvalue weighted by Crippen LogP contribution is -2.32. The molecular formula is C16H19N5OS. The lowest BCUT2D eigenvalue weighted by Gasteiger charge is -2.20. The van der Waals surface area contributed by atoms with E-state index in [4.69, 9.17) is 0 Å². The summed E-state index contributed by atoms with van der Waals surface area (Å²) < 4.78 is 1.59. The number of carbonyl (C=O) groups is 1. The molecule has 3 aromatic rings. The monoisotopic (exact) mass is 329 g/mol. The molecule has 0 spiro atoms. The zero-order chi connectivity index (χ0) is 16.6. The molecule has 0 bridgehead atoms. The zero-order valence-electron chi connectivity index (χ0n) is 13.6. The average Bonchev–Trinajstić information content (AvgIpc) is 3.12. The second-order valence-electron chi connectivity index (χ2n) is 5.90. The Bertz CT molecular complexity index is 838. The van der Waals surface area contributed by atoms with Crippen molar-refractivity contribution in [3.8, 4) is 0 Å². The van der Waals surface area contributed by atoms with E-state index >= 15 is 0 Å². The number of aryl methyl sites for hydroxylation is 2. The van der Waals surface area contributed by atoms with Crippen LogP contribution in [0.3, 0.4) is 0 Å². The number of fused-ring (bicyclic) bond motifs is 1. The van der Waals surface area contributed by atoms with Gasteiger partial charge in [0, 0.05) is 16.3 Å². The van der Waals surface area contributed by atoms with E-state index < -0.39 is 0 Å². The van der Waals surface area contributed by atoms with Crippen LogP contribution in [0.2, 0.25) is 0 Å². The summed E-state index contributed by atoms with van der Waals surface area (Å²) in [6.07, 6.45) is 0. The molecule has 0 aliphatic heterocycles. The van der Waals surface area contributed by atoms with Gasteiger partial charge in [-0.25, -0.2) is 9.50 Å². The van der Waals surface area contributed by atoms with Gasteiger partial charge in [-0.1, -0.05) is 19.9 Å². The second-order valence-corrected chi connectivity index (χ2v) is 6.88. The minimum Gasteiger partial charge on any atom is -0.341 e. The van der Waals surface area contributed by atoms with E-state index in [2.05, 4.69) is 34.2 Å². The molecular weight excluding hydrogens is 310 g/mol. The SMILES string of the molecule is Cc1cc(C)n2nc(C(=O)N[C@@H](c3cccs3)C(C)C)nc2n1. The third kappa shape index (κ3) is 3.10. The van der Waals surface area contributed by atoms with E-state index in [1.165, 1.54) is 0 Å². The molecule has 0 unspecified atom stereocenters. The summed E-state index contributed by atoms with van der Waals surface area (Å²) in [5.41, 5.74) is 1.76. The summed E-state index contributed by atoms with van der Waals surface area (Å²) >= 11 is 1.63. The fourth-order valence-electron chi connectivity index (χ4n) is 2.50. The van der Waals surface area contributed by atoms with Gasteiger partial charge < -0.3 is 5.32 Å². The Morgan fingerprint density at radius 2 is 2.09 bits per heavy atom. The molecule has 6 nitrogen and oxygen atoms in total. The number of nitrogens with zero attached hydrogens (tertiary/aromatic N) is 4. The standard InChI is InChI=1S/C16H19N5OS/c1-9(2)13(12-6-5-7-23-12)18-15(22)14-19-16-17-10(3)8-11(4)21(16)20-14/h5-9,13H,1-4H3,(H,18,22)/t13-/m1/s1. The summed E-state index contributed by atoms with van der Waals surface area (Å²) in [6, 6.07) is 5.87. The van der Waals surface area contributed by atoms with Crippen LogP contribution >= 0.6 is 11.3 Å². The Morgan fingerprint density at radius 3 is 2.74 bits per heavy atom. The minimum atomic E-state index is -0.278. The molecule has 0 saturated carbocycles. The molecule has 120 valence electrons. The number of thiophene rings is 1. The Labute approximate surface area is 138 Å². The van der Waals surface area contributed by atoms with E-state index in [-0.39, 0.29) is 23.7 Å². The predicted octanol–water partition coefficient (Wildman–Crippen LogP) is 2.93. The zero-order valence-corrected chi connectivity index (χ0v) is 14.4. The summed E-state index contributed by atoms with van der Waals surface area (Å²) in [5, 5.41) is 9.33. The molecule has 1 atom stereocenters. The number of nitrogens with one attached hydrogen (secondary N) is 1. The minimum absolute atomic E-state index is 0.0510. The highest BCUT2D eigenvalue weighted by molar-refractivity contribution is 7.10. The van der Waals surface area contributed by atoms with Gasteiger partial charge in [0.15, 0.2) is 0 Å². The normalized spacial score (nSPS) is 12.7. The van der Waals surface area contributed by atoms with Crippen molar-refractivity contribution in [2.75, 3.05) is 0 Å². The third-order valence-electron chi connectivity index (χ3n) is 3.62. The van der Waals surface area contributed by atoms with Crippen molar-refractivity contribution in [1.82, 2.24) is 24.9 Å². The molecule has 3 rings (SSSR count). The lowest BCUT2D eigenvalue weighted by molar-refractivity contribution is 0.0916. The van der Waals surface area contributed by atoms with Crippen LogP contribution in [0, 0.1) is 19.8 Å². The topological polar surface area (TPSA) is 72.2 Å². The molecule has 0 aliphatic carbocycles. The van der Waals surface area contributed by atoms with Gasteiger partial charge in [0.25, 0.3) is 11.7 Å². The van der Waals surface area contributed by atoms with Crippen LogP contribution in [0.5, 0.6) is 0 Å². The number of hydrogen-bond donors (Lipinski definition) is 1. The van der Waals surface area contributed by atoms with Crippen molar-refractivity contribution in [2.45, 2.75) is 33.7 Å². The van der Waals surface area contributed by atoms with Crippen LogP contribution in [-0.2, 0) is 0 Å². The van der Waals surface area contributed by atoms with Crippen LogP contribution in [0.1, 0.15) is 46.8 Å². The first-order valence-electron chi connectivity index (χ1n) is 7.51. The first-order chi connectivity index (χ1) is 11.0.